The second-order valence-electron chi connectivity index (χ2n) is 4.32. The zero-order chi connectivity index (χ0) is 14.7. The van der Waals surface area contributed by atoms with Gasteiger partial charge in [-0.3, -0.25) is 15.0 Å². The number of halogens is 1. The van der Waals surface area contributed by atoms with Gasteiger partial charge in [-0.05, 0) is 12.1 Å². The van der Waals surface area contributed by atoms with Crippen LogP contribution < -0.4 is 5.56 Å². The molecule has 5 nitrogen and oxygen atoms in total. The number of nitrogens with zero attached hydrogens (tertiary/aromatic N) is 2. The largest absolute Gasteiger partial charge is 0.295 e. The number of azo groups is 1. The highest BCUT2D eigenvalue weighted by molar-refractivity contribution is 6.32. The van der Waals surface area contributed by atoms with Crippen LogP contribution in [0.4, 0.5) is 11.4 Å². The van der Waals surface area contributed by atoms with E-state index in [4.69, 9.17) is 11.6 Å². The first-order chi connectivity index (χ1) is 10.3. The van der Waals surface area contributed by atoms with Gasteiger partial charge in [0.2, 0.25) is 0 Å². The molecule has 104 valence electrons. The second-order valence-corrected chi connectivity index (χ2v) is 4.73. The third kappa shape index (κ3) is 2.78. The average Bonchev–Trinajstić information content (AvgIpc) is 2.88. The van der Waals surface area contributed by atoms with Crippen molar-refractivity contribution in [2.75, 3.05) is 0 Å². The fraction of sp³-hybridized carbons (Fsp3) is 0. The standard InChI is InChI=1S/C15H11ClN4O/c16-11-8-4-5-9-12(11)17-19-14-13(18-20-15(14)21)10-6-2-1-3-7-10/h1-9H,(H2,18,20,21). The van der Waals surface area contributed by atoms with Crippen molar-refractivity contribution in [3.8, 4) is 11.3 Å². The molecule has 3 aromatic rings. The van der Waals surface area contributed by atoms with Crippen LogP contribution in [0.2, 0.25) is 5.02 Å². The molecule has 2 aromatic carbocycles. The Morgan fingerprint density at radius 3 is 2.33 bits per heavy atom. The minimum atomic E-state index is -0.329. The topological polar surface area (TPSA) is 73.4 Å². The SMILES string of the molecule is O=c1[nH][nH]c(-c2ccccc2)c1N=Nc1ccccc1Cl. The van der Waals surface area contributed by atoms with Crippen molar-refractivity contribution in [2.24, 2.45) is 10.2 Å². The van der Waals surface area contributed by atoms with Crippen molar-refractivity contribution >= 4 is 23.0 Å². The fourth-order valence-corrected chi connectivity index (χ4v) is 2.07. The average molecular weight is 299 g/mol. The van der Waals surface area contributed by atoms with E-state index in [0.29, 0.717) is 16.4 Å². The molecule has 0 fully saturated rings. The van der Waals surface area contributed by atoms with Crippen LogP contribution in [-0.4, -0.2) is 10.2 Å². The normalized spacial score (nSPS) is 11.1. The molecule has 0 unspecified atom stereocenters. The molecule has 21 heavy (non-hydrogen) atoms. The molecule has 1 heterocycles. The second kappa shape index (κ2) is 5.76. The van der Waals surface area contributed by atoms with Gasteiger partial charge in [-0.15, -0.1) is 10.2 Å². The number of nitrogens with one attached hydrogen (secondary N) is 2. The predicted molar refractivity (Wildman–Crippen MR) is 82.5 cm³/mol. The summed E-state index contributed by atoms with van der Waals surface area (Å²) in [7, 11) is 0. The van der Waals surface area contributed by atoms with E-state index in [2.05, 4.69) is 20.4 Å². The van der Waals surface area contributed by atoms with E-state index < -0.39 is 0 Å². The highest BCUT2D eigenvalue weighted by Crippen LogP contribution is 2.28. The molecular formula is C15H11ClN4O. The van der Waals surface area contributed by atoms with Gasteiger partial charge in [0.15, 0.2) is 5.69 Å². The van der Waals surface area contributed by atoms with E-state index in [9.17, 15) is 4.79 Å². The minimum absolute atomic E-state index is 0.223. The number of hydrogen-bond donors (Lipinski definition) is 2. The first-order valence-electron chi connectivity index (χ1n) is 6.28. The Morgan fingerprint density at radius 2 is 1.57 bits per heavy atom. The zero-order valence-electron chi connectivity index (χ0n) is 10.9. The summed E-state index contributed by atoms with van der Waals surface area (Å²) in [5.41, 5.74) is 1.85. The smallest absolute Gasteiger partial charge is 0.292 e. The van der Waals surface area contributed by atoms with Crippen molar-refractivity contribution in [2.45, 2.75) is 0 Å². The van der Waals surface area contributed by atoms with Crippen molar-refractivity contribution in [3.05, 3.63) is 70.0 Å². The van der Waals surface area contributed by atoms with Crippen molar-refractivity contribution in [3.63, 3.8) is 0 Å². The van der Waals surface area contributed by atoms with E-state index >= 15 is 0 Å². The van der Waals surface area contributed by atoms with Gasteiger partial charge in [0, 0.05) is 5.56 Å². The molecule has 6 heteroatoms. The van der Waals surface area contributed by atoms with Gasteiger partial charge in [-0.1, -0.05) is 54.1 Å². The van der Waals surface area contributed by atoms with E-state index in [1.165, 1.54) is 0 Å². The molecule has 3 rings (SSSR count). The Kier molecular flexibility index (Phi) is 3.66. The summed E-state index contributed by atoms with van der Waals surface area (Å²) < 4.78 is 0. The fourth-order valence-electron chi connectivity index (χ4n) is 1.90. The van der Waals surface area contributed by atoms with Gasteiger partial charge in [0.1, 0.15) is 5.69 Å². The molecule has 0 amide bonds. The van der Waals surface area contributed by atoms with Crippen LogP contribution in [0, 0.1) is 0 Å². The minimum Gasteiger partial charge on any atom is -0.295 e. The number of aromatic amines is 2. The van der Waals surface area contributed by atoms with Crippen LogP contribution in [-0.2, 0) is 0 Å². The third-order valence-corrected chi connectivity index (χ3v) is 3.25. The summed E-state index contributed by atoms with van der Waals surface area (Å²) in [5, 5.41) is 13.9. The maximum Gasteiger partial charge on any atom is 0.292 e. The van der Waals surface area contributed by atoms with Gasteiger partial charge in [0.05, 0.1) is 10.7 Å². The lowest BCUT2D eigenvalue weighted by molar-refractivity contribution is 1.06. The molecule has 0 bridgehead atoms. The zero-order valence-corrected chi connectivity index (χ0v) is 11.6. The summed E-state index contributed by atoms with van der Waals surface area (Å²) in [5.74, 6) is 0. The monoisotopic (exact) mass is 298 g/mol. The summed E-state index contributed by atoms with van der Waals surface area (Å²) >= 11 is 6.01. The van der Waals surface area contributed by atoms with E-state index in [-0.39, 0.29) is 11.2 Å². The Bertz CT molecular complexity index is 836. The number of H-pyrrole nitrogens is 2. The number of aromatic nitrogens is 2. The van der Waals surface area contributed by atoms with E-state index in [1.807, 2.05) is 30.3 Å². The lowest BCUT2D eigenvalue weighted by Crippen LogP contribution is -1.96. The summed E-state index contributed by atoms with van der Waals surface area (Å²) in [6.45, 7) is 0. The number of rotatable bonds is 3. The molecule has 0 spiro atoms. The Hall–Kier alpha value is -2.66. The van der Waals surface area contributed by atoms with Crippen molar-refractivity contribution in [1.82, 2.24) is 10.2 Å². The van der Waals surface area contributed by atoms with Gasteiger partial charge >= 0.3 is 0 Å². The van der Waals surface area contributed by atoms with Crippen LogP contribution in [0.15, 0.2) is 69.6 Å². The van der Waals surface area contributed by atoms with E-state index in [1.54, 1.807) is 24.3 Å². The summed E-state index contributed by atoms with van der Waals surface area (Å²) in [4.78, 5) is 11.8. The molecule has 0 atom stereocenters. The lowest BCUT2D eigenvalue weighted by Gasteiger charge is -1.98. The highest BCUT2D eigenvalue weighted by atomic mass is 35.5. The molecule has 1 aromatic heterocycles. The maximum absolute atomic E-state index is 11.8. The summed E-state index contributed by atoms with van der Waals surface area (Å²) in [6, 6.07) is 16.5. The van der Waals surface area contributed by atoms with Gasteiger partial charge < -0.3 is 0 Å². The first kappa shape index (κ1) is 13.3. The molecule has 2 N–H and O–H groups in total. The van der Waals surface area contributed by atoms with Gasteiger partial charge in [-0.2, -0.15) is 0 Å². The molecular weight excluding hydrogens is 288 g/mol. The van der Waals surface area contributed by atoms with Gasteiger partial charge in [-0.25, -0.2) is 0 Å². The number of benzene rings is 2. The van der Waals surface area contributed by atoms with Crippen LogP contribution in [0.1, 0.15) is 0 Å². The van der Waals surface area contributed by atoms with Crippen LogP contribution in [0.3, 0.4) is 0 Å². The van der Waals surface area contributed by atoms with E-state index in [0.717, 1.165) is 5.56 Å². The van der Waals surface area contributed by atoms with Crippen molar-refractivity contribution < 1.29 is 0 Å². The maximum atomic E-state index is 11.8. The third-order valence-electron chi connectivity index (χ3n) is 2.93. The van der Waals surface area contributed by atoms with Crippen LogP contribution in [0.5, 0.6) is 0 Å². The van der Waals surface area contributed by atoms with Gasteiger partial charge in [0.25, 0.3) is 5.56 Å². The summed E-state index contributed by atoms with van der Waals surface area (Å²) in [6.07, 6.45) is 0. The number of hydrogen-bond acceptors (Lipinski definition) is 3. The van der Waals surface area contributed by atoms with Crippen LogP contribution in [0.25, 0.3) is 11.3 Å². The molecule has 0 saturated carbocycles. The predicted octanol–water partition coefficient (Wildman–Crippen LogP) is 4.44. The molecule has 0 aliphatic carbocycles. The molecule has 0 aliphatic rings. The molecule has 0 radical (unpaired) electrons. The molecule has 0 aliphatic heterocycles. The quantitative estimate of drug-likeness (QED) is 0.689. The van der Waals surface area contributed by atoms with Crippen LogP contribution >= 0.6 is 11.6 Å². The lowest BCUT2D eigenvalue weighted by atomic mass is 10.1. The van der Waals surface area contributed by atoms with Crippen molar-refractivity contribution in [1.29, 1.82) is 0 Å². The molecule has 0 saturated heterocycles. The Morgan fingerprint density at radius 1 is 0.857 bits per heavy atom. The highest BCUT2D eigenvalue weighted by Gasteiger charge is 2.11. The Balaban J connectivity index is 2.02. The Labute approximate surface area is 125 Å². The first-order valence-corrected chi connectivity index (χ1v) is 6.66.